The molecule has 1 aliphatic heterocycles. The van der Waals surface area contributed by atoms with Crippen LogP contribution in [0.4, 0.5) is 27.6 Å². The Hall–Kier alpha value is -4.46. The van der Waals surface area contributed by atoms with E-state index in [9.17, 15) is 22.0 Å². The highest BCUT2D eigenvalue weighted by atomic mass is 19.4. The molecule has 3 aromatic carbocycles. The molecule has 1 aliphatic rings. The minimum atomic E-state index is -4.79. The van der Waals surface area contributed by atoms with E-state index in [1.807, 2.05) is 62.9 Å². The number of rotatable bonds is 10. The van der Waals surface area contributed by atoms with Crippen LogP contribution >= 0.6 is 0 Å². The van der Waals surface area contributed by atoms with Gasteiger partial charge in [0, 0.05) is 24.9 Å². The van der Waals surface area contributed by atoms with Crippen molar-refractivity contribution >= 4 is 11.4 Å². The van der Waals surface area contributed by atoms with Crippen LogP contribution in [0, 0.1) is 11.6 Å². The number of nitrogens with zero attached hydrogens (tertiary/aromatic N) is 2. The van der Waals surface area contributed by atoms with E-state index in [-0.39, 0.29) is 17.8 Å². The molecule has 3 aromatic rings. The van der Waals surface area contributed by atoms with Crippen molar-refractivity contribution < 1.29 is 22.0 Å². The first-order valence-electron chi connectivity index (χ1n) is 15.0. The molecule has 0 fully saturated rings. The summed E-state index contributed by atoms with van der Waals surface area (Å²) < 4.78 is 70.8. The summed E-state index contributed by atoms with van der Waals surface area (Å²) in [7, 11) is 0. The van der Waals surface area contributed by atoms with E-state index in [4.69, 9.17) is 0 Å². The maximum atomic E-state index is 15.0. The molecule has 0 saturated carbocycles. The van der Waals surface area contributed by atoms with Crippen LogP contribution in [0.2, 0.25) is 0 Å². The highest BCUT2D eigenvalue weighted by molar-refractivity contribution is 6.04. The first-order valence-corrected chi connectivity index (χ1v) is 15.0. The summed E-state index contributed by atoms with van der Waals surface area (Å²) in [6.07, 6.45) is 3.81. The quantitative estimate of drug-likeness (QED) is 0.138. The Morgan fingerprint density at radius 3 is 2.22 bits per heavy atom. The molecule has 1 N–H and O–H groups in total. The Morgan fingerprint density at radius 1 is 0.933 bits per heavy atom. The minimum absolute atomic E-state index is 0.00493. The second-order valence-corrected chi connectivity index (χ2v) is 9.63. The number of anilines is 1. The average molecular weight is 624 g/mol. The van der Waals surface area contributed by atoms with Crippen LogP contribution in [0.1, 0.15) is 56.9 Å². The second kappa shape index (κ2) is 17.1. The topological polar surface area (TPSA) is 27.6 Å². The van der Waals surface area contributed by atoms with Crippen molar-refractivity contribution in [3.63, 3.8) is 0 Å². The van der Waals surface area contributed by atoms with Gasteiger partial charge in [0.25, 0.3) is 0 Å². The lowest BCUT2D eigenvalue weighted by Gasteiger charge is -2.40. The first kappa shape index (κ1) is 36.7. The lowest BCUT2D eigenvalue weighted by Crippen LogP contribution is -2.52. The normalized spacial score (nSPS) is 14.2. The molecule has 0 aliphatic carbocycles. The molecule has 0 saturated heterocycles. The van der Waals surface area contributed by atoms with Crippen LogP contribution in [0.3, 0.4) is 0 Å². The molecule has 0 spiro atoms. The number of hydrogen-bond acceptors (Lipinski definition) is 3. The molecular formula is C37H42F5N3. The number of alkyl halides is 3. The van der Waals surface area contributed by atoms with Crippen molar-refractivity contribution in [3.05, 3.63) is 150 Å². The lowest BCUT2D eigenvalue weighted by atomic mass is 9.78. The zero-order chi connectivity index (χ0) is 33.6. The largest absolute Gasteiger partial charge is 0.416 e. The van der Waals surface area contributed by atoms with Crippen molar-refractivity contribution in [1.29, 1.82) is 0 Å². The van der Waals surface area contributed by atoms with Gasteiger partial charge in [-0.05, 0) is 72.5 Å². The molecular weight excluding hydrogens is 581 g/mol. The minimum Gasteiger partial charge on any atom is -0.357 e. The van der Waals surface area contributed by atoms with Crippen molar-refractivity contribution in [2.75, 3.05) is 11.4 Å². The molecule has 1 atom stereocenters. The number of allylic oxidation sites excluding steroid dienone is 3. The van der Waals surface area contributed by atoms with Gasteiger partial charge in [-0.2, -0.15) is 13.2 Å². The molecule has 240 valence electrons. The van der Waals surface area contributed by atoms with Gasteiger partial charge in [-0.3, -0.25) is 4.99 Å². The fraction of sp³-hybridized carbons (Fsp3) is 0.270. The highest BCUT2D eigenvalue weighted by Crippen LogP contribution is 2.38. The smallest absolute Gasteiger partial charge is 0.357 e. The SMILES string of the molecule is C=C\C=C/C(=N/C=C/C)[C@@](Cc1ccccc1)(NC(=C)N1CCc2cc(F)ccc21)c1cc(F)cc(C(F)(F)F)c1.CC.CC. The maximum absolute atomic E-state index is 15.0. The Labute approximate surface area is 264 Å². The van der Waals surface area contributed by atoms with E-state index in [2.05, 4.69) is 23.5 Å². The number of fused-ring (bicyclic) bond motifs is 1. The monoisotopic (exact) mass is 623 g/mol. The summed E-state index contributed by atoms with van der Waals surface area (Å²) in [5, 5.41) is 3.37. The van der Waals surface area contributed by atoms with Crippen LogP contribution in [-0.4, -0.2) is 12.3 Å². The molecule has 8 heteroatoms. The number of nitrogens with one attached hydrogen (secondary N) is 1. The van der Waals surface area contributed by atoms with Crippen molar-refractivity contribution in [1.82, 2.24) is 5.32 Å². The van der Waals surface area contributed by atoms with Gasteiger partial charge >= 0.3 is 6.18 Å². The number of aliphatic imine (C=N–C) groups is 1. The van der Waals surface area contributed by atoms with Gasteiger partial charge in [-0.15, -0.1) is 0 Å². The van der Waals surface area contributed by atoms with Crippen LogP contribution < -0.4 is 10.2 Å². The highest BCUT2D eigenvalue weighted by Gasteiger charge is 2.41. The van der Waals surface area contributed by atoms with Gasteiger partial charge in [-0.25, -0.2) is 8.78 Å². The summed E-state index contributed by atoms with van der Waals surface area (Å²) in [6.45, 7) is 18.2. The summed E-state index contributed by atoms with van der Waals surface area (Å²) in [4.78, 5) is 6.44. The molecule has 3 nitrogen and oxygen atoms in total. The Morgan fingerprint density at radius 2 is 1.60 bits per heavy atom. The lowest BCUT2D eigenvalue weighted by molar-refractivity contribution is -0.137. The van der Waals surface area contributed by atoms with Crippen molar-refractivity contribution in [3.8, 4) is 0 Å². The summed E-state index contributed by atoms with van der Waals surface area (Å²) >= 11 is 0. The predicted molar refractivity (Wildman–Crippen MR) is 177 cm³/mol. The van der Waals surface area contributed by atoms with Crippen molar-refractivity contribution in [2.24, 2.45) is 4.99 Å². The van der Waals surface area contributed by atoms with Crippen LogP contribution in [0.15, 0.2) is 121 Å². The third-order valence-corrected chi connectivity index (χ3v) is 6.84. The maximum Gasteiger partial charge on any atom is 0.416 e. The first-order chi connectivity index (χ1) is 21.6. The fourth-order valence-corrected chi connectivity index (χ4v) is 5.00. The van der Waals surface area contributed by atoms with E-state index in [0.29, 0.717) is 30.6 Å². The molecule has 1 heterocycles. The van der Waals surface area contributed by atoms with E-state index in [1.165, 1.54) is 24.4 Å². The van der Waals surface area contributed by atoms with Crippen molar-refractivity contribution in [2.45, 2.75) is 59.2 Å². The van der Waals surface area contributed by atoms with Crippen LogP contribution in [-0.2, 0) is 24.6 Å². The van der Waals surface area contributed by atoms with Gasteiger partial charge in [0.2, 0.25) is 0 Å². The molecule has 0 unspecified atom stereocenters. The zero-order valence-electron chi connectivity index (χ0n) is 26.6. The fourth-order valence-electron chi connectivity index (χ4n) is 5.00. The number of benzene rings is 3. The molecule has 0 amide bonds. The van der Waals surface area contributed by atoms with Gasteiger partial charge in [0.05, 0.1) is 17.1 Å². The average Bonchev–Trinajstić information content (AvgIpc) is 3.46. The van der Waals surface area contributed by atoms with Gasteiger partial charge in [-0.1, -0.05) is 89.4 Å². The van der Waals surface area contributed by atoms with Gasteiger partial charge in [0.15, 0.2) is 0 Å². The number of hydrogen-bond donors (Lipinski definition) is 1. The Balaban J connectivity index is 0.00000169. The van der Waals surface area contributed by atoms with Crippen LogP contribution in [0.5, 0.6) is 0 Å². The third kappa shape index (κ3) is 9.27. The van der Waals surface area contributed by atoms with E-state index >= 15 is 0 Å². The zero-order valence-corrected chi connectivity index (χ0v) is 26.6. The van der Waals surface area contributed by atoms with Gasteiger partial charge in [0.1, 0.15) is 17.2 Å². The van der Waals surface area contributed by atoms with E-state index in [0.717, 1.165) is 28.9 Å². The summed E-state index contributed by atoms with van der Waals surface area (Å²) in [6, 6.07) is 16.1. The summed E-state index contributed by atoms with van der Waals surface area (Å²) in [5.74, 6) is -1.07. The molecule has 0 radical (unpaired) electrons. The van der Waals surface area contributed by atoms with Crippen LogP contribution in [0.25, 0.3) is 0 Å². The number of halogens is 5. The second-order valence-electron chi connectivity index (χ2n) is 9.63. The standard InChI is InChI=1S/C33H30F5N3.2C2H6/c1-4-6-12-31(39-16-5-2)32(22-24-10-8-7-9-11-24,26-19-27(33(36,37)38)21-29(35)20-26)40-23(3)41-17-15-25-18-28(34)13-14-30(25)41;2*1-2/h4-14,16,18-21,40H,1,3,15,17,22H2,2H3;2*1-2H3/b12-6-,16-5+,39-31-;;/t32-;;/m0../s1. The summed E-state index contributed by atoms with van der Waals surface area (Å²) in [5.41, 5.74) is -0.0832. The molecule has 0 aromatic heterocycles. The predicted octanol–water partition coefficient (Wildman–Crippen LogP) is 10.3. The molecule has 45 heavy (non-hydrogen) atoms. The Bertz CT molecular complexity index is 1510. The molecule has 4 rings (SSSR count). The van der Waals surface area contributed by atoms with E-state index in [1.54, 1.807) is 31.2 Å². The third-order valence-electron chi connectivity index (χ3n) is 6.84. The van der Waals surface area contributed by atoms with Gasteiger partial charge < -0.3 is 10.2 Å². The van der Waals surface area contributed by atoms with E-state index < -0.39 is 23.1 Å². The molecule has 0 bridgehead atoms. The Kier molecular flexibility index (Phi) is 14.0.